The van der Waals surface area contributed by atoms with Gasteiger partial charge in [-0.1, -0.05) is 12.1 Å². The highest BCUT2D eigenvalue weighted by Gasteiger charge is 2.19. The highest BCUT2D eigenvalue weighted by molar-refractivity contribution is 5.15. The summed E-state index contributed by atoms with van der Waals surface area (Å²) in [5, 5.41) is 11.3. The van der Waals surface area contributed by atoms with Gasteiger partial charge >= 0.3 is 0 Å². The molecule has 0 aliphatic heterocycles. The number of aromatic nitrogens is 5. The molecule has 1 unspecified atom stereocenters. The maximum absolute atomic E-state index is 4.39. The number of aryl methyl sites for hydroxylation is 2. The van der Waals surface area contributed by atoms with Gasteiger partial charge in [0.2, 0.25) is 0 Å². The molecule has 0 amide bonds. The third kappa shape index (κ3) is 2.70. The Morgan fingerprint density at radius 2 is 2.00 bits per heavy atom. The first-order valence-corrected chi connectivity index (χ1v) is 6.09. The summed E-state index contributed by atoms with van der Waals surface area (Å²) in [6.07, 6.45) is 6.45. The van der Waals surface area contributed by atoms with Crippen LogP contribution in [0.1, 0.15) is 36.5 Å². The molecule has 96 valence electrons. The van der Waals surface area contributed by atoms with Gasteiger partial charge in [-0.2, -0.15) is 0 Å². The maximum Gasteiger partial charge on any atom is 0.151 e. The van der Waals surface area contributed by atoms with Gasteiger partial charge in [-0.15, -0.1) is 5.10 Å². The highest BCUT2D eigenvalue weighted by atomic mass is 15.4. The molecule has 1 atom stereocenters. The van der Waals surface area contributed by atoms with Crippen molar-refractivity contribution in [2.75, 3.05) is 6.54 Å². The van der Waals surface area contributed by atoms with Crippen molar-refractivity contribution in [1.82, 2.24) is 30.3 Å². The van der Waals surface area contributed by atoms with Crippen LogP contribution in [-0.4, -0.2) is 31.5 Å². The fourth-order valence-corrected chi connectivity index (χ4v) is 1.73. The molecule has 2 heterocycles. The van der Waals surface area contributed by atoms with Crippen molar-refractivity contribution >= 4 is 0 Å². The second kappa shape index (κ2) is 5.68. The van der Waals surface area contributed by atoms with Crippen LogP contribution in [0.4, 0.5) is 0 Å². The molecule has 2 rings (SSSR count). The normalized spacial score (nSPS) is 12.6. The number of hydrogen-bond donors (Lipinski definition) is 1. The third-order valence-electron chi connectivity index (χ3n) is 2.70. The van der Waals surface area contributed by atoms with Gasteiger partial charge in [-0.3, -0.25) is 4.68 Å². The Kier molecular flexibility index (Phi) is 3.99. The maximum atomic E-state index is 4.39. The molecule has 6 heteroatoms. The lowest BCUT2D eigenvalue weighted by Gasteiger charge is -2.16. The monoisotopic (exact) mass is 246 g/mol. The second-order valence-electron chi connectivity index (χ2n) is 4.29. The Bertz CT molecular complexity index is 490. The van der Waals surface area contributed by atoms with Crippen LogP contribution < -0.4 is 5.32 Å². The summed E-state index contributed by atoms with van der Waals surface area (Å²) >= 11 is 0. The topological polar surface area (TPSA) is 68.5 Å². The van der Waals surface area contributed by atoms with Crippen molar-refractivity contribution in [3.63, 3.8) is 0 Å². The highest BCUT2D eigenvalue weighted by Crippen LogP contribution is 2.16. The first kappa shape index (κ1) is 12.6. The van der Waals surface area contributed by atoms with Gasteiger partial charge in [-0.05, 0) is 25.5 Å². The lowest BCUT2D eigenvalue weighted by Crippen LogP contribution is -2.27. The van der Waals surface area contributed by atoms with E-state index in [9.17, 15) is 0 Å². The zero-order chi connectivity index (χ0) is 13.0. The smallest absolute Gasteiger partial charge is 0.151 e. The molecule has 0 aliphatic rings. The molecule has 2 aromatic heterocycles. The Morgan fingerprint density at radius 3 is 2.56 bits per heavy atom. The Hall–Kier alpha value is -1.82. The molecular formula is C12H18N6. The molecule has 0 saturated carbocycles. The molecule has 0 bridgehead atoms. The van der Waals surface area contributed by atoms with Crippen molar-refractivity contribution < 1.29 is 0 Å². The van der Waals surface area contributed by atoms with Crippen molar-refractivity contribution in [3.8, 4) is 0 Å². The summed E-state index contributed by atoms with van der Waals surface area (Å²) in [7, 11) is 1.87. The van der Waals surface area contributed by atoms with Crippen LogP contribution in [0.15, 0.2) is 18.6 Å². The molecule has 0 spiro atoms. The van der Waals surface area contributed by atoms with Crippen LogP contribution in [0.25, 0.3) is 0 Å². The molecular weight excluding hydrogens is 228 g/mol. The van der Waals surface area contributed by atoms with Crippen LogP contribution in [-0.2, 0) is 7.05 Å². The standard InChI is InChI=1S/C12H18N6/c1-4-5-13-11(10-8-16-17-18(10)3)12-14-6-9(2)7-15-12/h6-8,11,13H,4-5H2,1-3H3. The second-order valence-corrected chi connectivity index (χ2v) is 4.29. The van der Waals surface area contributed by atoms with E-state index in [0.29, 0.717) is 0 Å². The first-order valence-electron chi connectivity index (χ1n) is 6.09. The molecule has 18 heavy (non-hydrogen) atoms. The van der Waals surface area contributed by atoms with E-state index >= 15 is 0 Å². The van der Waals surface area contributed by atoms with Gasteiger partial charge in [0.15, 0.2) is 5.82 Å². The predicted octanol–water partition coefficient (Wildman–Crippen LogP) is 1.00. The van der Waals surface area contributed by atoms with Crippen LogP contribution in [0.5, 0.6) is 0 Å². The van der Waals surface area contributed by atoms with Crippen molar-refractivity contribution in [2.24, 2.45) is 7.05 Å². The van der Waals surface area contributed by atoms with Gasteiger partial charge in [0.25, 0.3) is 0 Å². The zero-order valence-corrected chi connectivity index (χ0v) is 11.0. The van der Waals surface area contributed by atoms with Crippen LogP contribution in [0, 0.1) is 6.92 Å². The van der Waals surface area contributed by atoms with Gasteiger partial charge in [0.1, 0.15) is 6.04 Å². The quantitative estimate of drug-likeness (QED) is 0.852. The van der Waals surface area contributed by atoms with E-state index in [0.717, 1.165) is 30.0 Å². The van der Waals surface area contributed by atoms with Gasteiger partial charge in [-0.25, -0.2) is 9.97 Å². The summed E-state index contributed by atoms with van der Waals surface area (Å²) < 4.78 is 1.75. The van der Waals surface area contributed by atoms with E-state index in [1.165, 1.54) is 0 Å². The van der Waals surface area contributed by atoms with Gasteiger partial charge in [0, 0.05) is 19.4 Å². The SMILES string of the molecule is CCCNC(c1ncc(C)cn1)c1cnnn1C. The van der Waals surface area contributed by atoms with Crippen LogP contribution >= 0.6 is 0 Å². The largest absolute Gasteiger partial charge is 0.302 e. The fraction of sp³-hybridized carbons (Fsp3) is 0.500. The zero-order valence-electron chi connectivity index (χ0n) is 11.0. The average molecular weight is 246 g/mol. The first-order chi connectivity index (χ1) is 8.72. The molecule has 0 aliphatic carbocycles. The Labute approximate surface area is 106 Å². The molecule has 1 N–H and O–H groups in total. The average Bonchev–Trinajstić information content (AvgIpc) is 2.78. The summed E-state index contributed by atoms with van der Waals surface area (Å²) in [4.78, 5) is 8.77. The lowest BCUT2D eigenvalue weighted by atomic mass is 10.2. The minimum absolute atomic E-state index is 0.0643. The fourth-order valence-electron chi connectivity index (χ4n) is 1.73. The molecule has 0 radical (unpaired) electrons. The van der Waals surface area contributed by atoms with Crippen molar-refractivity contribution in [2.45, 2.75) is 26.3 Å². The van der Waals surface area contributed by atoms with E-state index in [2.05, 4.69) is 32.5 Å². The van der Waals surface area contributed by atoms with Crippen molar-refractivity contribution in [3.05, 3.63) is 35.7 Å². The Balaban J connectivity index is 2.30. The Morgan fingerprint density at radius 1 is 1.28 bits per heavy atom. The molecule has 6 nitrogen and oxygen atoms in total. The van der Waals surface area contributed by atoms with E-state index in [-0.39, 0.29) is 6.04 Å². The van der Waals surface area contributed by atoms with Gasteiger partial charge in [0.05, 0.1) is 11.9 Å². The van der Waals surface area contributed by atoms with E-state index in [1.54, 1.807) is 10.9 Å². The minimum atomic E-state index is -0.0643. The summed E-state index contributed by atoms with van der Waals surface area (Å²) in [6.45, 7) is 5.00. The molecule has 0 aromatic carbocycles. The van der Waals surface area contributed by atoms with E-state index in [4.69, 9.17) is 0 Å². The molecule has 2 aromatic rings. The predicted molar refractivity (Wildman–Crippen MR) is 67.9 cm³/mol. The van der Waals surface area contributed by atoms with E-state index in [1.807, 2.05) is 26.4 Å². The summed E-state index contributed by atoms with van der Waals surface area (Å²) in [5.74, 6) is 0.749. The van der Waals surface area contributed by atoms with Gasteiger partial charge < -0.3 is 5.32 Å². The number of nitrogens with one attached hydrogen (secondary N) is 1. The minimum Gasteiger partial charge on any atom is -0.302 e. The molecule has 0 saturated heterocycles. The summed E-state index contributed by atoms with van der Waals surface area (Å²) in [5.41, 5.74) is 2.02. The number of hydrogen-bond acceptors (Lipinski definition) is 5. The van der Waals surface area contributed by atoms with Crippen LogP contribution in [0.2, 0.25) is 0 Å². The van der Waals surface area contributed by atoms with Crippen LogP contribution in [0.3, 0.4) is 0 Å². The van der Waals surface area contributed by atoms with E-state index < -0.39 is 0 Å². The summed E-state index contributed by atoms with van der Waals surface area (Å²) in [6, 6.07) is -0.0643. The number of nitrogens with zero attached hydrogens (tertiary/aromatic N) is 5. The lowest BCUT2D eigenvalue weighted by molar-refractivity contribution is 0.529. The third-order valence-corrected chi connectivity index (χ3v) is 2.70. The number of rotatable bonds is 5. The van der Waals surface area contributed by atoms with Crippen molar-refractivity contribution in [1.29, 1.82) is 0 Å². The molecule has 0 fully saturated rings.